The monoisotopic (exact) mass is 417 g/mol. The smallest absolute Gasteiger partial charge is 0.257 e. The van der Waals surface area contributed by atoms with Gasteiger partial charge in [0.15, 0.2) is 0 Å². The molecule has 0 radical (unpaired) electrons. The van der Waals surface area contributed by atoms with Crippen LogP contribution in [0.4, 0.5) is 5.69 Å². The van der Waals surface area contributed by atoms with E-state index in [4.69, 9.17) is 11.6 Å². The van der Waals surface area contributed by atoms with Crippen molar-refractivity contribution in [3.63, 3.8) is 0 Å². The van der Waals surface area contributed by atoms with Crippen molar-refractivity contribution in [3.8, 4) is 11.5 Å². The second kappa shape index (κ2) is 8.51. The first kappa shape index (κ1) is 21.3. The summed E-state index contributed by atoms with van der Waals surface area (Å²) in [6.45, 7) is 5.27. The number of aromatic hydroxyl groups is 2. The Labute approximate surface area is 176 Å². The SMILES string of the molecule is C.CN1CCN(c2ccc3c(c2)CCN(C(=O)c2cc(Cl)c(O)cc2O)C3)CC1. The van der Waals surface area contributed by atoms with Crippen molar-refractivity contribution in [2.45, 2.75) is 20.4 Å². The van der Waals surface area contributed by atoms with Crippen LogP contribution in [0.25, 0.3) is 0 Å². The molecule has 1 fully saturated rings. The van der Waals surface area contributed by atoms with E-state index in [0.717, 1.165) is 44.2 Å². The number of piperazine rings is 1. The molecule has 0 bridgehead atoms. The molecule has 7 heteroatoms. The minimum absolute atomic E-state index is 0. The van der Waals surface area contributed by atoms with Gasteiger partial charge >= 0.3 is 0 Å². The number of phenols is 2. The van der Waals surface area contributed by atoms with Crippen molar-refractivity contribution in [1.29, 1.82) is 0 Å². The minimum atomic E-state index is -0.284. The van der Waals surface area contributed by atoms with Gasteiger partial charge in [0.2, 0.25) is 0 Å². The highest BCUT2D eigenvalue weighted by molar-refractivity contribution is 6.32. The molecule has 6 nitrogen and oxygen atoms in total. The minimum Gasteiger partial charge on any atom is -0.507 e. The zero-order valence-corrected chi connectivity index (χ0v) is 16.6. The van der Waals surface area contributed by atoms with Gasteiger partial charge in [-0.15, -0.1) is 0 Å². The van der Waals surface area contributed by atoms with Gasteiger partial charge in [-0.25, -0.2) is 0 Å². The Hall–Kier alpha value is -2.44. The third-order valence-corrected chi connectivity index (χ3v) is 5.96. The molecule has 0 atom stereocenters. The van der Waals surface area contributed by atoms with Crippen molar-refractivity contribution in [3.05, 3.63) is 52.0 Å². The fourth-order valence-electron chi connectivity index (χ4n) is 3.87. The number of carbonyl (C=O) groups is 1. The van der Waals surface area contributed by atoms with Crippen LogP contribution in [0.5, 0.6) is 11.5 Å². The molecule has 4 rings (SSSR count). The van der Waals surface area contributed by atoms with Crippen molar-refractivity contribution in [2.75, 3.05) is 44.7 Å². The molecule has 2 aromatic carbocycles. The summed E-state index contributed by atoms with van der Waals surface area (Å²) >= 11 is 5.91. The number of anilines is 1. The molecule has 0 unspecified atom stereocenters. The summed E-state index contributed by atoms with van der Waals surface area (Å²) in [5, 5.41) is 19.7. The van der Waals surface area contributed by atoms with Crippen LogP contribution < -0.4 is 4.90 Å². The lowest BCUT2D eigenvalue weighted by atomic mass is 9.97. The predicted molar refractivity (Wildman–Crippen MR) is 116 cm³/mol. The first-order valence-corrected chi connectivity index (χ1v) is 9.86. The predicted octanol–water partition coefficient (Wildman–Crippen LogP) is 3.34. The number of likely N-dealkylation sites (N-methyl/N-ethyl adjacent to an activating group) is 1. The van der Waals surface area contributed by atoms with Crippen LogP contribution in [0.3, 0.4) is 0 Å². The third-order valence-electron chi connectivity index (χ3n) is 5.65. The quantitative estimate of drug-likeness (QED) is 0.784. The van der Waals surface area contributed by atoms with Crippen LogP contribution in [-0.4, -0.2) is 65.7 Å². The van der Waals surface area contributed by atoms with E-state index in [1.807, 2.05) is 0 Å². The lowest BCUT2D eigenvalue weighted by molar-refractivity contribution is 0.0731. The summed E-state index contributed by atoms with van der Waals surface area (Å²) in [6.07, 6.45) is 0.773. The molecule has 0 saturated carbocycles. The van der Waals surface area contributed by atoms with Gasteiger partial charge in [0.25, 0.3) is 5.91 Å². The van der Waals surface area contributed by atoms with Gasteiger partial charge in [-0.1, -0.05) is 25.1 Å². The van der Waals surface area contributed by atoms with Crippen LogP contribution >= 0.6 is 11.6 Å². The largest absolute Gasteiger partial charge is 0.507 e. The van der Waals surface area contributed by atoms with E-state index in [0.29, 0.717) is 13.1 Å². The van der Waals surface area contributed by atoms with Gasteiger partial charge in [-0.2, -0.15) is 0 Å². The Bertz CT molecular complexity index is 910. The highest BCUT2D eigenvalue weighted by atomic mass is 35.5. The van der Waals surface area contributed by atoms with Gasteiger partial charge in [0, 0.05) is 51.0 Å². The number of hydrogen-bond acceptors (Lipinski definition) is 5. The number of fused-ring (bicyclic) bond motifs is 1. The summed E-state index contributed by atoms with van der Waals surface area (Å²) < 4.78 is 0. The van der Waals surface area contributed by atoms with E-state index in [-0.39, 0.29) is 35.4 Å². The highest BCUT2D eigenvalue weighted by Gasteiger charge is 2.25. The Balaban J connectivity index is 0.00000240. The summed E-state index contributed by atoms with van der Waals surface area (Å²) in [4.78, 5) is 19.3. The third kappa shape index (κ3) is 4.28. The first-order valence-electron chi connectivity index (χ1n) is 9.48. The molecule has 156 valence electrons. The standard InChI is InChI=1S/C21H24ClN3O3.CH4/c1-23-6-8-24(9-7-23)16-3-2-15-13-25(5-4-14(15)10-16)21(28)17-11-18(22)20(27)12-19(17)26;/h2-3,10-12,26-27H,4-9,13H2,1H3;1H4. The van der Waals surface area contributed by atoms with Crippen LogP contribution in [0.15, 0.2) is 30.3 Å². The van der Waals surface area contributed by atoms with E-state index >= 15 is 0 Å². The highest BCUT2D eigenvalue weighted by Crippen LogP contribution is 2.33. The van der Waals surface area contributed by atoms with E-state index in [1.165, 1.54) is 17.3 Å². The van der Waals surface area contributed by atoms with Crippen molar-refractivity contribution >= 4 is 23.2 Å². The molecule has 2 aliphatic heterocycles. The molecular formula is C22H28ClN3O3. The van der Waals surface area contributed by atoms with Crippen LogP contribution in [-0.2, 0) is 13.0 Å². The lowest BCUT2D eigenvalue weighted by Crippen LogP contribution is -2.44. The van der Waals surface area contributed by atoms with E-state index in [1.54, 1.807) is 4.90 Å². The maximum atomic E-state index is 12.9. The van der Waals surface area contributed by atoms with Gasteiger partial charge in [0.1, 0.15) is 11.5 Å². The lowest BCUT2D eigenvalue weighted by Gasteiger charge is -2.35. The van der Waals surface area contributed by atoms with Crippen molar-refractivity contribution in [1.82, 2.24) is 9.80 Å². The Morgan fingerprint density at radius 1 is 0.966 bits per heavy atom. The Kier molecular flexibility index (Phi) is 6.24. The molecular weight excluding hydrogens is 390 g/mol. The number of hydrogen-bond donors (Lipinski definition) is 2. The number of carbonyl (C=O) groups excluding carboxylic acids is 1. The molecule has 1 saturated heterocycles. The molecule has 2 N–H and O–H groups in total. The van der Waals surface area contributed by atoms with Gasteiger partial charge in [-0.05, 0) is 42.8 Å². The second-order valence-electron chi connectivity index (χ2n) is 7.54. The average Bonchev–Trinajstić information content (AvgIpc) is 2.70. The van der Waals surface area contributed by atoms with Crippen LogP contribution in [0.2, 0.25) is 5.02 Å². The molecule has 0 spiro atoms. The Morgan fingerprint density at radius 2 is 1.69 bits per heavy atom. The number of amides is 1. The van der Waals surface area contributed by atoms with Gasteiger partial charge < -0.3 is 24.9 Å². The van der Waals surface area contributed by atoms with Crippen LogP contribution in [0, 0.1) is 0 Å². The Morgan fingerprint density at radius 3 is 2.41 bits per heavy atom. The number of phenolic OH excluding ortho intramolecular Hbond substituents is 2. The summed E-state index contributed by atoms with van der Waals surface area (Å²) in [5.74, 6) is -0.785. The molecule has 2 aliphatic rings. The average molecular weight is 418 g/mol. The maximum absolute atomic E-state index is 12.9. The van der Waals surface area contributed by atoms with Gasteiger partial charge in [0.05, 0.1) is 10.6 Å². The number of halogens is 1. The molecule has 0 aromatic heterocycles. The van der Waals surface area contributed by atoms with Gasteiger partial charge in [-0.3, -0.25) is 4.79 Å². The zero-order valence-electron chi connectivity index (χ0n) is 15.9. The normalized spacial score (nSPS) is 16.9. The number of nitrogens with zero attached hydrogens (tertiary/aromatic N) is 3. The molecule has 29 heavy (non-hydrogen) atoms. The van der Waals surface area contributed by atoms with E-state index in [2.05, 4.69) is 35.0 Å². The zero-order chi connectivity index (χ0) is 19.8. The molecule has 2 heterocycles. The second-order valence-corrected chi connectivity index (χ2v) is 7.95. The topological polar surface area (TPSA) is 67.2 Å². The summed E-state index contributed by atoms with van der Waals surface area (Å²) in [6, 6.07) is 8.91. The summed E-state index contributed by atoms with van der Waals surface area (Å²) in [7, 11) is 2.15. The first-order chi connectivity index (χ1) is 13.4. The fourth-order valence-corrected chi connectivity index (χ4v) is 4.03. The fraction of sp³-hybridized carbons (Fsp3) is 0.409. The van der Waals surface area contributed by atoms with E-state index < -0.39 is 0 Å². The van der Waals surface area contributed by atoms with Crippen molar-refractivity contribution in [2.24, 2.45) is 0 Å². The van der Waals surface area contributed by atoms with E-state index in [9.17, 15) is 15.0 Å². The molecule has 1 amide bonds. The van der Waals surface area contributed by atoms with Crippen LogP contribution in [0.1, 0.15) is 28.9 Å². The van der Waals surface area contributed by atoms with Crippen molar-refractivity contribution < 1.29 is 15.0 Å². The summed E-state index contributed by atoms with van der Waals surface area (Å²) in [5.41, 5.74) is 3.75. The molecule has 2 aromatic rings. The number of benzene rings is 2. The maximum Gasteiger partial charge on any atom is 0.257 e. The molecule has 0 aliphatic carbocycles. The number of rotatable bonds is 2.